The first kappa shape index (κ1) is 8.68. The Kier molecular flexibility index (Phi) is 3.95. The van der Waals surface area contributed by atoms with Crippen molar-refractivity contribution in [3.8, 4) is 0 Å². The summed E-state index contributed by atoms with van der Waals surface area (Å²) in [5, 5.41) is 0. The van der Waals surface area contributed by atoms with E-state index in [9.17, 15) is 9.59 Å². The van der Waals surface area contributed by atoms with Crippen molar-refractivity contribution in [2.24, 2.45) is 0 Å². The topological polar surface area (TPSA) is 52.6 Å². The summed E-state index contributed by atoms with van der Waals surface area (Å²) in [5.74, 6) is -1.01. The van der Waals surface area contributed by atoms with Crippen molar-refractivity contribution in [2.75, 3.05) is 6.61 Å². The minimum Gasteiger partial charge on any atom is -0.460 e. The molecule has 0 fully saturated rings. The van der Waals surface area contributed by atoms with E-state index < -0.39 is 5.97 Å². The monoisotopic (exact) mass is 144 g/mol. The molecule has 0 radical (unpaired) electrons. The fourth-order valence-electron chi connectivity index (χ4n) is 0.318. The van der Waals surface area contributed by atoms with Crippen LogP contribution < -0.4 is 0 Å². The fourth-order valence-corrected chi connectivity index (χ4v) is 0.318. The molecular formula is C6H8O4. The number of ether oxygens (including phenoxy) is 2. The molecule has 0 spiro atoms. The quantitative estimate of drug-likeness (QED) is 0.245. The molecule has 0 aromatic heterocycles. The molecule has 0 aliphatic rings. The fraction of sp³-hybridized carbons (Fsp3) is 0.333. The second-order valence-corrected chi connectivity index (χ2v) is 1.36. The van der Waals surface area contributed by atoms with Gasteiger partial charge < -0.3 is 9.47 Å². The second kappa shape index (κ2) is 4.55. The zero-order valence-corrected chi connectivity index (χ0v) is 5.62. The SMILES string of the molecule is C=C(OC=O)C(=O)OCC. The molecule has 0 aromatic rings. The van der Waals surface area contributed by atoms with Crippen LogP contribution in [-0.4, -0.2) is 19.0 Å². The maximum Gasteiger partial charge on any atom is 0.373 e. The predicted octanol–water partition coefficient (Wildman–Crippen LogP) is 0.236. The van der Waals surface area contributed by atoms with Crippen LogP contribution in [0.3, 0.4) is 0 Å². The predicted molar refractivity (Wildman–Crippen MR) is 32.9 cm³/mol. The molecule has 10 heavy (non-hydrogen) atoms. The van der Waals surface area contributed by atoms with Crippen LogP contribution in [0.15, 0.2) is 12.3 Å². The molecule has 4 heteroatoms. The lowest BCUT2D eigenvalue weighted by Crippen LogP contribution is -2.08. The summed E-state index contributed by atoms with van der Waals surface area (Å²) < 4.78 is 8.54. The summed E-state index contributed by atoms with van der Waals surface area (Å²) in [6, 6.07) is 0. The van der Waals surface area contributed by atoms with Gasteiger partial charge in [0.2, 0.25) is 5.76 Å². The first-order valence-electron chi connectivity index (χ1n) is 2.68. The highest BCUT2D eigenvalue weighted by molar-refractivity contribution is 5.86. The average molecular weight is 144 g/mol. The van der Waals surface area contributed by atoms with Gasteiger partial charge in [-0.1, -0.05) is 0 Å². The normalized spacial score (nSPS) is 8.10. The molecule has 0 unspecified atom stereocenters. The number of hydrogen-bond acceptors (Lipinski definition) is 4. The van der Waals surface area contributed by atoms with Gasteiger partial charge in [-0.15, -0.1) is 0 Å². The summed E-state index contributed by atoms with van der Waals surface area (Å²) in [6.45, 7) is 5.14. The number of rotatable bonds is 4. The number of hydrogen-bond donors (Lipinski definition) is 0. The summed E-state index contributed by atoms with van der Waals surface area (Å²) in [4.78, 5) is 20.2. The van der Waals surface area contributed by atoms with E-state index in [4.69, 9.17) is 0 Å². The van der Waals surface area contributed by atoms with Crippen molar-refractivity contribution >= 4 is 12.4 Å². The van der Waals surface area contributed by atoms with Crippen LogP contribution in [0, 0.1) is 0 Å². The molecule has 0 aromatic carbocycles. The van der Waals surface area contributed by atoms with E-state index in [0.29, 0.717) is 0 Å². The molecule has 0 saturated carbocycles. The minimum absolute atomic E-state index is 0.124. The molecule has 0 N–H and O–H groups in total. The molecule has 56 valence electrons. The van der Waals surface area contributed by atoms with E-state index in [1.807, 2.05) is 0 Å². The lowest BCUT2D eigenvalue weighted by atomic mass is 10.6. The van der Waals surface area contributed by atoms with Crippen LogP contribution in [0.4, 0.5) is 0 Å². The molecule has 0 rings (SSSR count). The van der Waals surface area contributed by atoms with Crippen molar-refractivity contribution in [3.05, 3.63) is 12.3 Å². The number of esters is 1. The van der Waals surface area contributed by atoms with Crippen molar-refractivity contribution in [3.63, 3.8) is 0 Å². The van der Waals surface area contributed by atoms with Gasteiger partial charge in [0.1, 0.15) is 0 Å². The molecule has 0 atom stereocenters. The molecular weight excluding hydrogens is 136 g/mol. The van der Waals surface area contributed by atoms with E-state index in [1.54, 1.807) is 6.92 Å². The van der Waals surface area contributed by atoms with Gasteiger partial charge in [0.15, 0.2) is 0 Å². The van der Waals surface area contributed by atoms with Gasteiger partial charge in [-0.3, -0.25) is 4.79 Å². The lowest BCUT2D eigenvalue weighted by molar-refractivity contribution is -0.145. The Morgan fingerprint density at radius 1 is 1.70 bits per heavy atom. The zero-order valence-electron chi connectivity index (χ0n) is 5.62. The van der Waals surface area contributed by atoms with E-state index in [1.165, 1.54) is 0 Å². The van der Waals surface area contributed by atoms with Gasteiger partial charge >= 0.3 is 5.97 Å². The lowest BCUT2D eigenvalue weighted by Gasteiger charge is -2.00. The van der Waals surface area contributed by atoms with Crippen LogP contribution in [0.1, 0.15) is 6.92 Å². The Morgan fingerprint density at radius 3 is 2.70 bits per heavy atom. The van der Waals surface area contributed by atoms with Crippen molar-refractivity contribution < 1.29 is 19.1 Å². The molecule has 0 heterocycles. The van der Waals surface area contributed by atoms with Gasteiger partial charge in [0.25, 0.3) is 6.47 Å². The first-order valence-corrected chi connectivity index (χ1v) is 2.68. The van der Waals surface area contributed by atoms with E-state index in [0.717, 1.165) is 0 Å². The van der Waals surface area contributed by atoms with Crippen LogP contribution in [0.2, 0.25) is 0 Å². The van der Waals surface area contributed by atoms with E-state index in [-0.39, 0.29) is 18.8 Å². The molecule has 0 aliphatic carbocycles. The maximum atomic E-state index is 10.5. The Morgan fingerprint density at radius 2 is 2.30 bits per heavy atom. The first-order chi connectivity index (χ1) is 4.72. The maximum absolute atomic E-state index is 10.5. The number of carbonyl (C=O) groups excluding carboxylic acids is 2. The number of carbonyl (C=O) groups is 2. The van der Waals surface area contributed by atoms with E-state index >= 15 is 0 Å². The minimum atomic E-state index is -0.713. The molecule has 0 bridgehead atoms. The highest BCUT2D eigenvalue weighted by Crippen LogP contribution is 1.93. The highest BCUT2D eigenvalue weighted by Gasteiger charge is 2.07. The summed E-state index contributed by atoms with van der Waals surface area (Å²) in [6.07, 6.45) is 0. The summed E-state index contributed by atoms with van der Waals surface area (Å²) in [5.41, 5.74) is 0. The Bertz CT molecular complexity index is 150. The highest BCUT2D eigenvalue weighted by atomic mass is 16.6. The molecule has 0 amide bonds. The Balaban J connectivity index is 3.70. The van der Waals surface area contributed by atoms with Gasteiger partial charge in [-0.2, -0.15) is 0 Å². The van der Waals surface area contributed by atoms with Crippen LogP contribution in [0.5, 0.6) is 0 Å². The van der Waals surface area contributed by atoms with Crippen LogP contribution in [0.25, 0.3) is 0 Å². The van der Waals surface area contributed by atoms with E-state index in [2.05, 4.69) is 16.1 Å². The Labute approximate surface area is 58.4 Å². The third-order valence-electron chi connectivity index (χ3n) is 0.693. The van der Waals surface area contributed by atoms with Crippen LogP contribution in [-0.2, 0) is 19.1 Å². The smallest absolute Gasteiger partial charge is 0.373 e. The zero-order chi connectivity index (χ0) is 7.98. The van der Waals surface area contributed by atoms with Gasteiger partial charge in [-0.25, -0.2) is 4.79 Å². The molecule has 0 saturated heterocycles. The summed E-state index contributed by atoms with van der Waals surface area (Å²) in [7, 11) is 0. The van der Waals surface area contributed by atoms with Crippen molar-refractivity contribution in [1.82, 2.24) is 0 Å². The van der Waals surface area contributed by atoms with Crippen LogP contribution >= 0.6 is 0 Å². The van der Waals surface area contributed by atoms with Crippen molar-refractivity contribution in [2.45, 2.75) is 6.92 Å². The van der Waals surface area contributed by atoms with Gasteiger partial charge in [0, 0.05) is 0 Å². The second-order valence-electron chi connectivity index (χ2n) is 1.36. The van der Waals surface area contributed by atoms with Gasteiger partial charge in [-0.05, 0) is 13.5 Å². The summed E-state index contributed by atoms with van der Waals surface area (Å²) >= 11 is 0. The third kappa shape index (κ3) is 2.86. The molecule has 0 aliphatic heterocycles. The standard InChI is InChI=1S/C6H8O4/c1-3-9-6(8)5(2)10-4-7/h4H,2-3H2,1H3. The third-order valence-corrected chi connectivity index (χ3v) is 0.693. The average Bonchev–Trinajstić information content (AvgIpc) is 1.89. The van der Waals surface area contributed by atoms with Crippen molar-refractivity contribution in [1.29, 1.82) is 0 Å². The Hall–Kier alpha value is -1.32. The molecule has 4 nitrogen and oxygen atoms in total. The van der Waals surface area contributed by atoms with Gasteiger partial charge in [0.05, 0.1) is 6.61 Å². The largest absolute Gasteiger partial charge is 0.460 e.